The highest BCUT2D eigenvalue weighted by Gasteiger charge is 2.39. The Labute approximate surface area is 240 Å². The number of fused-ring (bicyclic) bond motifs is 11. The topological polar surface area (TPSA) is 4.93 Å². The Bertz CT molecular complexity index is 2260. The lowest BCUT2D eigenvalue weighted by atomic mass is 9.81. The van der Waals surface area contributed by atoms with Crippen LogP contribution in [0.1, 0.15) is 49.9 Å². The third-order valence-corrected chi connectivity index (χ3v) is 10.2. The lowest BCUT2D eigenvalue weighted by Crippen LogP contribution is -2.18. The molecular formula is C40H31N. The first-order valence-electron chi connectivity index (χ1n) is 14.7. The van der Waals surface area contributed by atoms with E-state index in [0.717, 1.165) is 0 Å². The molecule has 0 amide bonds. The number of hydrogen-bond acceptors (Lipinski definition) is 0. The normalized spacial score (nSPS) is 15.7. The van der Waals surface area contributed by atoms with Crippen LogP contribution in [0.2, 0.25) is 0 Å². The van der Waals surface area contributed by atoms with E-state index in [2.05, 4.69) is 148 Å². The summed E-state index contributed by atoms with van der Waals surface area (Å²) in [5.41, 5.74) is 14.8. The van der Waals surface area contributed by atoms with Crippen molar-refractivity contribution in [1.29, 1.82) is 0 Å². The smallest absolute Gasteiger partial charge is 0.0619 e. The van der Waals surface area contributed by atoms with Gasteiger partial charge in [0.1, 0.15) is 0 Å². The molecule has 0 N–H and O–H groups in total. The molecule has 0 bridgehead atoms. The van der Waals surface area contributed by atoms with Gasteiger partial charge in [-0.15, -0.1) is 0 Å². The minimum Gasteiger partial charge on any atom is -0.308 e. The molecule has 0 saturated carbocycles. The summed E-state index contributed by atoms with van der Waals surface area (Å²) in [6.45, 7) is 9.51. The van der Waals surface area contributed by atoms with Crippen molar-refractivity contribution in [1.82, 2.24) is 4.57 Å². The van der Waals surface area contributed by atoms with Crippen molar-refractivity contribution in [3.05, 3.63) is 138 Å². The molecule has 0 saturated heterocycles. The highest BCUT2D eigenvalue weighted by Crippen LogP contribution is 2.53. The van der Waals surface area contributed by atoms with Crippen LogP contribution in [0.3, 0.4) is 0 Å². The fraction of sp³-hybridized carbons (Fsp3) is 0.150. The largest absolute Gasteiger partial charge is 0.308 e. The van der Waals surface area contributed by atoms with Crippen LogP contribution < -0.4 is 0 Å². The summed E-state index contributed by atoms with van der Waals surface area (Å²) in [5, 5.41) is 5.23. The minimum atomic E-state index is -0.102. The fourth-order valence-electron chi connectivity index (χ4n) is 8.24. The van der Waals surface area contributed by atoms with Gasteiger partial charge in [-0.25, -0.2) is 0 Å². The molecule has 41 heavy (non-hydrogen) atoms. The molecule has 1 nitrogen and oxygen atoms in total. The van der Waals surface area contributed by atoms with Crippen LogP contribution in [0.4, 0.5) is 0 Å². The van der Waals surface area contributed by atoms with E-state index < -0.39 is 0 Å². The van der Waals surface area contributed by atoms with Crippen molar-refractivity contribution in [3.63, 3.8) is 0 Å². The highest BCUT2D eigenvalue weighted by molar-refractivity contribution is 6.19. The monoisotopic (exact) mass is 525 g/mol. The van der Waals surface area contributed by atoms with Gasteiger partial charge < -0.3 is 4.57 Å². The van der Waals surface area contributed by atoms with Crippen LogP contribution in [0.15, 0.2) is 115 Å². The van der Waals surface area contributed by atoms with E-state index in [-0.39, 0.29) is 10.8 Å². The Kier molecular flexibility index (Phi) is 4.26. The fourth-order valence-corrected chi connectivity index (χ4v) is 8.24. The molecule has 196 valence electrons. The van der Waals surface area contributed by atoms with Crippen LogP contribution >= 0.6 is 0 Å². The summed E-state index contributed by atoms with van der Waals surface area (Å²) in [7, 11) is 0. The highest BCUT2D eigenvalue weighted by atomic mass is 15.0. The van der Waals surface area contributed by atoms with Crippen LogP contribution in [0, 0.1) is 0 Å². The molecule has 1 heteroatoms. The van der Waals surface area contributed by atoms with Gasteiger partial charge in [-0.3, -0.25) is 0 Å². The summed E-state index contributed by atoms with van der Waals surface area (Å²) in [5.74, 6) is 0. The summed E-state index contributed by atoms with van der Waals surface area (Å²) < 4.78 is 2.57. The van der Waals surface area contributed by atoms with Gasteiger partial charge in [-0.1, -0.05) is 119 Å². The van der Waals surface area contributed by atoms with Crippen molar-refractivity contribution in [2.24, 2.45) is 0 Å². The molecule has 0 radical (unpaired) electrons. The number of para-hydroxylation sites is 1. The Morgan fingerprint density at radius 3 is 1.93 bits per heavy atom. The first-order chi connectivity index (χ1) is 19.9. The van der Waals surface area contributed by atoms with Crippen LogP contribution in [-0.2, 0) is 10.8 Å². The maximum Gasteiger partial charge on any atom is 0.0619 e. The first kappa shape index (κ1) is 23.1. The summed E-state index contributed by atoms with van der Waals surface area (Å²) in [4.78, 5) is 0. The van der Waals surface area contributed by atoms with Gasteiger partial charge in [0, 0.05) is 27.0 Å². The quantitative estimate of drug-likeness (QED) is 0.201. The number of benzene rings is 6. The molecular weight excluding hydrogens is 494 g/mol. The van der Waals surface area contributed by atoms with E-state index in [9.17, 15) is 0 Å². The van der Waals surface area contributed by atoms with Crippen LogP contribution in [-0.4, -0.2) is 4.57 Å². The van der Waals surface area contributed by atoms with Gasteiger partial charge in [0.05, 0.1) is 16.7 Å². The molecule has 0 aliphatic heterocycles. The Morgan fingerprint density at radius 1 is 0.463 bits per heavy atom. The summed E-state index contributed by atoms with van der Waals surface area (Å²) >= 11 is 0. The van der Waals surface area contributed by atoms with E-state index in [1.54, 1.807) is 0 Å². The molecule has 1 heterocycles. The maximum absolute atomic E-state index is 2.57. The molecule has 0 fully saturated rings. The second kappa shape index (κ2) is 7.56. The van der Waals surface area contributed by atoms with Gasteiger partial charge in [0.25, 0.3) is 0 Å². The number of nitrogens with zero attached hydrogens (tertiary/aromatic N) is 1. The van der Waals surface area contributed by atoms with E-state index in [4.69, 9.17) is 0 Å². The van der Waals surface area contributed by atoms with Crippen molar-refractivity contribution in [2.75, 3.05) is 0 Å². The molecule has 0 atom stereocenters. The average molecular weight is 526 g/mol. The average Bonchev–Trinajstić information content (AvgIpc) is 3.54. The zero-order chi connectivity index (χ0) is 27.7. The van der Waals surface area contributed by atoms with Crippen LogP contribution in [0.5, 0.6) is 0 Å². The van der Waals surface area contributed by atoms with Gasteiger partial charge >= 0.3 is 0 Å². The van der Waals surface area contributed by atoms with E-state index in [1.807, 2.05) is 0 Å². The predicted octanol–water partition coefficient (Wildman–Crippen LogP) is 10.5. The second-order valence-electron chi connectivity index (χ2n) is 13.0. The third kappa shape index (κ3) is 2.77. The minimum absolute atomic E-state index is 0.0160. The third-order valence-electron chi connectivity index (χ3n) is 10.2. The molecule has 9 rings (SSSR count). The zero-order valence-electron chi connectivity index (χ0n) is 23.9. The summed E-state index contributed by atoms with van der Waals surface area (Å²) in [6.07, 6.45) is 0. The number of rotatable bonds is 1. The van der Waals surface area contributed by atoms with Crippen molar-refractivity contribution in [3.8, 4) is 27.9 Å². The van der Waals surface area contributed by atoms with Crippen molar-refractivity contribution in [2.45, 2.75) is 38.5 Å². The molecule has 6 aromatic carbocycles. The molecule has 2 aliphatic rings. The lowest BCUT2D eigenvalue weighted by Gasteiger charge is -2.25. The SMILES string of the molecule is CC1(C)c2ccccc2-c2cc3c(ccc4c5ccccc5n(-c5cccc6c5C(C)(C)c5ccccc5-6)c34)cc21. The Balaban J connectivity index is 1.45. The number of aromatic nitrogens is 1. The molecule has 1 aromatic heterocycles. The van der Waals surface area contributed by atoms with Gasteiger partial charge in [0.15, 0.2) is 0 Å². The molecule has 0 unspecified atom stereocenters. The molecule has 0 spiro atoms. The number of hydrogen-bond donors (Lipinski definition) is 0. The van der Waals surface area contributed by atoms with Crippen molar-refractivity contribution < 1.29 is 0 Å². The van der Waals surface area contributed by atoms with E-state index >= 15 is 0 Å². The van der Waals surface area contributed by atoms with E-state index in [1.165, 1.54) is 82.8 Å². The lowest BCUT2D eigenvalue weighted by molar-refractivity contribution is 0.656. The van der Waals surface area contributed by atoms with Gasteiger partial charge in [-0.05, 0) is 74.2 Å². The first-order valence-corrected chi connectivity index (χ1v) is 14.7. The second-order valence-corrected chi connectivity index (χ2v) is 13.0. The van der Waals surface area contributed by atoms with E-state index in [0.29, 0.717) is 0 Å². The standard InChI is InChI=1S/C40H31N/c1-39(2)32-16-8-6-13-26(32)31-23-30-24(22-34(31)39)20-21-29-27-14-7-10-18-35(27)41(38(29)30)36-19-11-15-28-25-12-5-9-17-33(25)40(3,4)37(28)36/h5-23H,1-4H3. The maximum atomic E-state index is 2.57. The van der Waals surface area contributed by atoms with Gasteiger partial charge in [0.2, 0.25) is 0 Å². The molecule has 7 aromatic rings. The van der Waals surface area contributed by atoms with Crippen LogP contribution in [0.25, 0.3) is 60.5 Å². The Hall–Kier alpha value is -4.62. The van der Waals surface area contributed by atoms with Crippen molar-refractivity contribution >= 4 is 32.6 Å². The van der Waals surface area contributed by atoms with Gasteiger partial charge in [-0.2, -0.15) is 0 Å². The predicted molar refractivity (Wildman–Crippen MR) is 173 cm³/mol. The Morgan fingerprint density at radius 2 is 1.12 bits per heavy atom. The molecule has 2 aliphatic carbocycles. The summed E-state index contributed by atoms with van der Waals surface area (Å²) in [6, 6.07) is 43.4. The zero-order valence-corrected chi connectivity index (χ0v) is 23.9.